The Bertz CT molecular complexity index is 375. The molecule has 0 unspecified atom stereocenters. The Morgan fingerprint density at radius 3 is 2.71 bits per heavy atom. The van der Waals surface area contributed by atoms with E-state index < -0.39 is 0 Å². The highest BCUT2D eigenvalue weighted by Crippen LogP contribution is 2.21. The second-order valence-corrected chi connectivity index (χ2v) is 4.64. The summed E-state index contributed by atoms with van der Waals surface area (Å²) in [6.07, 6.45) is 6.09. The van der Waals surface area contributed by atoms with Crippen LogP contribution in [0.5, 0.6) is 5.88 Å². The van der Waals surface area contributed by atoms with E-state index >= 15 is 0 Å². The fourth-order valence-corrected chi connectivity index (χ4v) is 2.15. The maximum atomic E-state index is 5.88. The molecule has 1 saturated carbocycles. The number of nitrogens with one attached hydrogen (secondary N) is 1. The van der Waals surface area contributed by atoms with Crippen molar-refractivity contribution in [2.45, 2.75) is 44.7 Å². The Labute approximate surface area is 102 Å². The first-order chi connectivity index (χ1) is 8.19. The van der Waals surface area contributed by atoms with E-state index in [1.54, 1.807) is 13.3 Å². The van der Waals surface area contributed by atoms with Crippen molar-refractivity contribution in [1.82, 2.24) is 9.97 Å². The van der Waals surface area contributed by atoms with E-state index in [1.807, 2.05) is 6.92 Å². The zero-order chi connectivity index (χ0) is 12.3. The number of methoxy groups -OCH3 is 1. The number of hydrogen-bond donors (Lipinski definition) is 2. The lowest BCUT2D eigenvalue weighted by Gasteiger charge is -2.26. The van der Waals surface area contributed by atoms with E-state index in [9.17, 15) is 0 Å². The molecule has 17 heavy (non-hydrogen) atoms. The van der Waals surface area contributed by atoms with Crippen LogP contribution in [-0.4, -0.2) is 29.2 Å². The van der Waals surface area contributed by atoms with Crippen LogP contribution in [0.4, 0.5) is 5.95 Å². The van der Waals surface area contributed by atoms with Crippen molar-refractivity contribution >= 4 is 5.95 Å². The average molecular weight is 236 g/mol. The second-order valence-electron chi connectivity index (χ2n) is 4.64. The highest BCUT2D eigenvalue weighted by molar-refractivity contribution is 5.33. The number of aromatic nitrogens is 2. The second kappa shape index (κ2) is 5.31. The molecule has 94 valence electrons. The number of anilines is 1. The monoisotopic (exact) mass is 236 g/mol. The van der Waals surface area contributed by atoms with E-state index in [2.05, 4.69) is 15.3 Å². The van der Waals surface area contributed by atoms with Crippen LogP contribution in [0.3, 0.4) is 0 Å². The minimum Gasteiger partial charge on any atom is -0.481 e. The van der Waals surface area contributed by atoms with E-state index in [1.165, 1.54) is 0 Å². The summed E-state index contributed by atoms with van der Waals surface area (Å²) in [7, 11) is 1.62. The van der Waals surface area contributed by atoms with Crippen LogP contribution in [0.2, 0.25) is 0 Å². The van der Waals surface area contributed by atoms with Crippen molar-refractivity contribution in [2.24, 2.45) is 5.73 Å². The van der Waals surface area contributed by atoms with Crippen LogP contribution in [0.15, 0.2) is 6.20 Å². The molecule has 1 aliphatic rings. The predicted molar refractivity (Wildman–Crippen MR) is 67.2 cm³/mol. The third-order valence-electron chi connectivity index (χ3n) is 3.22. The van der Waals surface area contributed by atoms with Gasteiger partial charge in [0.2, 0.25) is 11.8 Å². The predicted octanol–water partition coefficient (Wildman–Crippen LogP) is 1.48. The summed E-state index contributed by atoms with van der Waals surface area (Å²) in [5, 5.41) is 3.35. The zero-order valence-electron chi connectivity index (χ0n) is 10.4. The summed E-state index contributed by atoms with van der Waals surface area (Å²) in [6.45, 7) is 1.93. The molecule has 0 bridgehead atoms. The van der Waals surface area contributed by atoms with Crippen molar-refractivity contribution in [3.8, 4) is 5.88 Å². The number of hydrogen-bond acceptors (Lipinski definition) is 5. The first-order valence-corrected chi connectivity index (χ1v) is 6.09. The third-order valence-corrected chi connectivity index (χ3v) is 3.22. The first kappa shape index (κ1) is 12.1. The number of rotatable bonds is 3. The number of nitrogens with two attached hydrogens (primary N) is 1. The molecule has 1 aromatic heterocycles. The molecule has 0 aliphatic heterocycles. The fraction of sp³-hybridized carbons (Fsp3) is 0.667. The van der Waals surface area contributed by atoms with Gasteiger partial charge in [-0.25, -0.2) is 4.98 Å². The summed E-state index contributed by atoms with van der Waals surface area (Å²) >= 11 is 0. The number of nitrogens with zero attached hydrogens (tertiary/aromatic N) is 2. The smallest absolute Gasteiger partial charge is 0.226 e. The summed E-state index contributed by atoms with van der Waals surface area (Å²) in [6, 6.07) is 0.795. The Hall–Kier alpha value is -1.36. The quantitative estimate of drug-likeness (QED) is 0.831. The maximum Gasteiger partial charge on any atom is 0.226 e. The van der Waals surface area contributed by atoms with Crippen LogP contribution < -0.4 is 15.8 Å². The Kier molecular flexibility index (Phi) is 3.78. The van der Waals surface area contributed by atoms with Gasteiger partial charge in [-0.2, -0.15) is 4.98 Å². The molecule has 0 atom stereocenters. The van der Waals surface area contributed by atoms with Crippen molar-refractivity contribution in [1.29, 1.82) is 0 Å². The van der Waals surface area contributed by atoms with Crippen molar-refractivity contribution in [3.63, 3.8) is 0 Å². The van der Waals surface area contributed by atoms with Gasteiger partial charge < -0.3 is 15.8 Å². The van der Waals surface area contributed by atoms with Gasteiger partial charge in [-0.1, -0.05) is 0 Å². The van der Waals surface area contributed by atoms with E-state index in [4.69, 9.17) is 10.5 Å². The molecule has 5 heteroatoms. The van der Waals surface area contributed by atoms with Gasteiger partial charge in [-0.15, -0.1) is 0 Å². The molecule has 1 aromatic rings. The van der Waals surface area contributed by atoms with Crippen LogP contribution in [0.1, 0.15) is 31.2 Å². The minimum atomic E-state index is 0.363. The van der Waals surface area contributed by atoms with Crippen molar-refractivity contribution in [2.75, 3.05) is 12.4 Å². The third kappa shape index (κ3) is 3.06. The van der Waals surface area contributed by atoms with Gasteiger partial charge in [0.05, 0.1) is 7.11 Å². The molecule has 0 spiro atoms. The Balaban J connectivity index is 1.99. The molecule has 1 fully saturated rings. The fourth-order valence-electron chi connectivity index (χ4n) is 2.15. The lowest BCUT2D eigenvalue weighted by molar-refractivity contribution is 0.391. The molecular formula is C12H20N4O. The van der Waals surface area contributed by atoms with Gasteiger partial charge in [0.25, 0.3) is 0 Å². The Morgan fingerprint density at radius 1 is 1.35 bits per heavy atom. The van der Waals surface area contributed by atoms with Gasteiger partial charge in [0, 0.05) is 23.8 Å². The SMILES string of the molecule is COc1nc(NC2CCC(N)CC2)ncc1C. The lowest BCUT2D eigenvalue weighted by atomic mass is 9.92. The lowest BCUT2D eigenvalue weighted by Crippen LogP contribution is -2.33. The Morgan fingerprint density at radius 2 is 2.06 bits per heavy atom. The molecule has 0 saturated heterocycles. The summed E-state index contributed by atoms with van der Waals surface area (Å²) in [5.41, 5.74) is 6.82. The van der Waals surface area contributed by atoms with E-state index in [-0.39, 0.29) is 0 Å². The van der Waals surface area contributed by atoms with Crippen molar-refractivity contribution in [3.05, 3.63) is 11.8 Å². The van der Waals surface area contributed by atoms with Crippen LogP contribution in [0, 0.1) is 6.92 Å². The molecule has 0 aromatic carbocycles. The molecule has 2 rings (SSSR count). The summed E-state index contributed by atoms with van der Waals surface area (Å²) in [5.74, 6) is 1.28. The molecule has 5 nitrogen and oxygen atoms in total. The van der Waals surface area contributed by atoms with Gasteiger partial charge >= 0.3 is 0 Å². The normalized spacial score (nSPS) is 24.4. The largest absolute Gasteiger partial charge is 0.481 e. The summed E-state index contributed by atoms with van der Waals surface area (Å²) in [4.78, 5) is 8.59. The van der Waals surface area contributed by atoms with Gasteiger partial charge in [-0.05, 0) is 32.6 Å². The minimum absolute atomic E-state index is 0.363. The van der Waals surface area contributed by atoms with Crippen LogP contribution >= 0.6 is 0 Å². The van der Waals surface area contributed by atoms with Gasteiger partial charge in [0.15, 0.2) is 0 Å². The number of ether oxygens (including phenoxy) is 1. The number of aryl methyl sites for hydroxylation is 1. The molecule has 1 heterocycles. The average Bonchev–Trinajstić information content (AvgIpc) is 2.34. The molecule has 0 radical (unpaired) electrons. The maximum absolute atomic E-state index is 5.88. The van der Waals surface area contributed by atoms with Gasteiger partial charge in [-0.3, -0.25) is 0 Å². The first-order valence-electron chi connectivity index (χ1n) is 6.09. The van der Waals surface area contributed by atoms with Crippen LogP contribution in [0.25, 0.3) is 0 Å². The van der Waals surface area contributed by atoms with Crippen molar-refractivity contribution < 1.29 is 4.74 Å². The van der Waals surface area contributed by atoms with Crippen LogP contribution in [-0.2, 0) is 0 Å². The molecule has 1 aliphatic carbocycles. The topological polar surface area (TPSA) is 73.1 Å². The molecular weight excluding hydrogens is 216 g/mol. The summed E-state index contributed by atoms with van der Waals surface area (Å²) < 4.78 is 5.18. The van der Waals surface area contributed by atoms with E-state index in [0.29, 0.717) is 23.9 Å². The molecule has 3 N–H and O–H groups in total. The zero-order valence-corrected chi connectivity index (χ0v) is 10.4. The van der Waals surface area contributed by atoms with E-state index in [0.717, 1.165) is 31.2 Å². The standard InChI is InChI=1S/C12H20N4O/c1-8-7-14-12(16-11(8)17-2)15-10-5-3-9(13)4-6-10/h7,9-10H,3-6,13H2,1-2H3,(H,14,15,16). The highest BCUT2D eigenvalue weighted by Gasteiger charge is 2.19. The van der Waals surface area contributed by atoms with Gasteiger partial charge in [0.1, 0.15) is 0 Å². The molecule has 0 amide bonds. The highest BCUT2D eigenvalue weighted by atomic mass is 16.5.